The second kappa shape index (κ2) is 17.1. The molecule has 0 aromatic rings. The number of carboxylic acids is 4. The van der Waals surface area contributed by atoms with Crippen molar-refractivity contribution in [1.29, 1.82) is 0 Å². The van der Waals surface area contributed by atoms with E-state index in [0.717, 1.165) is 27.7 Å². The van der Waals surface area contributed by atoms with Crippen molar-refractivity contribution < 1.29 is 91.5 Å². The minimum absolute atomic E-state index is 0.296. The van der Waals surface area contributed by atoms with E-state index in [1.165, 1.54) is 0 Å². The Hall–Kier alpha value is -3.00. The average Bonchev–Trinajstić information content (AvgIpc) is 2.81. The summed E-state index contributed by atoms with van der Waals surface area (Å²) in [6, 6.07) is 0. The van der Waals surface area contributed by atoms with E-state index < -0.39 is 134 Å². The summed E-state index contributed by atoms with van der Waals surface area (Å²) in [6.45, 7) is 4.02. The molecule has 0 rings (SSSR count). The Bertz CT molecular complexity index is 1530. The molecule has 24 heteroatoms. The molecule has 262 valence electrons. The van der Waals surface area contributed by atoms with Crippen molar-refractivity contribution in [2.45, 2.75) is 80.8 Å². The molecule has 0 radical (unpaired) electrons. The SMILES string of the molecule is CC(CC(C(=O)O)=C(CC(C)S(=O)(=O)O)C(=O)O)S(=O)(=O)O.CC(CC(CC(C)S(=O)(=O)O)=C(CC(=O)O)C(=O)O)S(=O)(=O)O. The summed E-state index contributed by atoms with van der Waals surface area (Å²) in [5.74, 6) is -6.71. The highest BCUT2D eigenvalue weighted by molar-refractivity contribution is 7.87. The van der Waals surface area contributed by atoms with E-state index in [-0.39, 0.29) is 5.57 Å². The highest BCUT2D eigenvalue weighted by Crippen LogP contribution is 2.25. The molecule has 0 saturated heterocycles. The Morgan fingerprint density at radius 2 is 0.667 bits per heavy atom. The number of hydrogen-bond acceptors (Lipinski definition) is 12. The maximum atomic E-state index is 11.2. The van der Waals surface area contributed by atoms with Gasteiger partial charge in [0.1, 0.15) is 0 Å². The molecule has 0 saturated carbocycles. The van der Waals surface area contributed by atoms with Crippen LogP contribution in [0.25, 0.3) is 0 Å². The number of hydrogen-bond donors (Lipinski definition) is 8. The second-order valence-corrected chi connectivity index (χ2v) is 17.0. The minimum atomic E-state index is -4.61. The van der Waals surface area contributed by atoms with Crippen LogP contribution in [-0.4, -0.2) is 117 Å². The molecule has 0 fully saturated rings. The maximum Gasteiger partial charge on any atom is 0.332 e. The van der Waals surface area contributed by atoms with Crippen LogP contribution in [0, 0.1) is 0 Å². The zero-order valence-electron chi connectivity index (χ0n) is 24.0. The van der Waals surface area contributed by atoms with Gasteiger partial charge in [-0.1, -0.05) is 5.57 Å². The molecule has 0 heterocycles. The lowest BCUT2D eigenvalue weighted by atomic mass is 9.96. The van der Waals surface area contributed by atoms with Gasteiger partial charge in [-0.3, -0.25) is 23.0 Å². The van der Waals surface area contributed by atoms with Gasteiger partial charge in [0.2, 0.25) is 0 Å². The van der Waals surface area contributed by atoms with E-state index in [9.17, 15) is 52.8 Å². The van der Waals surface area contributed by atoms with Gasteiger partial charge in [0.15, 0.2) is 0 Å². The van der Waals surface area contributed by atoms with Crippen LogP contribution < -0.4 is 0 Å². The summed E-state index contributed by atoms with van der Waals surface area (Å²) in [4.78, 5) is 44.2. The summed E-state index contributed by atoms with van der Waals surface area (Å²) in [5, 5.41) is 29.7. The fraction of sp³-hybridized carbons (Fsp3) is 0.619. The molecule has 0 aliphatic rings. The molecule has 0 amide bonds. The predicted molar refractivity (Wildman–Crippen MR) is 152 cm³/mol. The van der Waals surface area contributed by atoms with E-state index in [2.05, 4.69) is 0 Å². The van der Waals surface area contributed by atoms with Crippen LogP contribution in [0.1, 0.15) is 59.8 Å². The third-order valence-corrected chi connectivity index (χ3v) is 10.7. The molecular weight excluding hydrogens is 700 g/mol. The van der Waals surface area contributed by atoms with Gasteiger partial charge in [-0.15, -0.1) is 0 Å². The van der Waals surface area contributed by atoms with E-state index >= 15 is 0 Å². The van der Waals surface area contributed by atoms with Crippen molar-refractivity contribution >= 4 is 64.3 Å². The molecule has 20 nitrogen and oxygen atoms in total. The first-order chi connectivity index (χ1) is 19.8. The summed E-state index contributed by atoms with van der Waals surface area (Å²) >= 11 is 0. The summed E-state index contributed by atoms with van der Waals surface area (Å²) in [7, 11) is -18.3. The molecule has 0 aromatic heterocycles. The molecule has 8 N–H and O–H groups in total. The van der Waals surface area contributed by atoms with Crippen LogP contribution in [0.5, 0.6) is 0 Å². The largest absolute Gasteiger partial charge is 0.481 e. The van der Waals surface area contributed by atoms with Gasteiger partial charge in [0, 0.05) is 16.7 Å². The van der Waals surface area contributed by atoms with Crippen LogP contribution in [-0.2, 0) is 59.7 Å². The van der Waals surface area contributed by atoms with Gasteiger partial charge in [0.25, 0.3) is 40.5 Å². The van der Waals surface area contributed by atoms with E-state index in [0.29, 0.717) is 0 Å². The first kappa shape index (κ1) is 44.1. The Kier molecular flexibility index (Phi) is 16.7. The smallest absolute Gasteiger partial charge is 0.332 e. The molecule has 0 spiro atoms. The average molecular weight is 735 g/mol. The lowest BCUT2D eigenvalue weighted by Crippen LogP contribution is -2.25. The standard InChI is InChI=1S/C11H18O10S2.C10H16O10S2/c1-6(22(16,17)18)3-8(4-7(2)23(19,20)21)9(11(14)15)5-10(12)13;1-5(21(15,16)17)3-7(9(11)12)8(10(13)14)4-6(2)22(18,19)20/h6-7H,3-5H2,1-2H3,(H,12,13)(H,14,15)(H,16,17,18)(H,19,20,21);5-6H,3-4H2,1-2H3,(H,11,12)(H,13,14)(H,15,16,17)(H,18,19,20). The molecular formula is C21H34O20S4. The molecule has 45 heavy (non-hydrogen) atoms. The van der Waals surface area contributed by atoms with Crippen LogP contribution >= 0.6 is 0 Å². The highest BCUT2D eigenvalue weighted by Gasteiger charge is 2.31. The van der Waals surface area contributed by atoms with E-state index in [4.69, 9.17) is 38.6 Å². The quantitative estimate of drug-likeness (QED) is 0.0717. The van der Waals surface area contributed by atoms with Crippen molar-refractivity contribution in [2.75, 3.05) is 0 Å². The molecule has 4 unspecified atom stereocenters. The normalized spacial score (nSPS) is 15.6. The molecule has 0 aromatic carbocycles. The Balaban J connectivity index is 0. The number of allylic oxidation sites excluding steroid dienone is 1. The summed E-state index contributed by atoms with van der Waals surface area (Å²) < 4.78 is 123. The van der Waals surface area contributed by atoms with Crippen molar-refractivity contribution in [3.05, 3.63) is 22.3 Å². The van der Waals surface area contributed by atoms with Crippen LogP contribution in [0.2, 0.25) is 0 Å². The molecule has 0 aliphatic carbocycles. The van der Waals surface area contributed by atoms with Crippen molar-refractivity contribution in [3.8, 4) is 0 Å². The monoisotopic (exact) mass is 734 g/mol. The number of carbonyl (C=O) groups is 4. The lowest BCUT2D eigenvalue weighted by molar-refractivity contribution is -0.139. The van der Waals surface area contributed by atoms with E-state index in [1.807, 2.05) is 0 Å². The van der Waals surface area contributed by atoms with Gasteiger partial charge in [-0.2, -0.15) is 33.7 Å². The Morgan fingerprint density at radius 3 is 0.844 bits per heavy atom. The Morgan fingerprint density at radius 1 is 0.444 bits per heavy atom. The zero-order valence-corrected chi connectivity index (χ0v) is 27.2. The number of rotatable bonds is 17. The third-order valence-electron chi connectivity index (χ3n) is 5.98. The van der Waals surface area contributed by atoms with Crippen LogP contribution in [0.4, 0.5) is 0 Å². The molecule has 0 aliphatic heterocycles. The van der Waals surface area contributed by atoms with Crippen molar-refractivity contribution in [3.63, 3.8) is 0 Å². The van der Waals surface area contributed by atoms with Crippen molar-refractivity contribution in [1.82, 2.24) is 0 Å². The van der Waals surface area contributed by atoms with Crippen LogP contribution in [0.3, 0.4) is 0 Å². The Labute approximate surface area is 258 Å². The third kappa shape index (κ3) is 16.8. The van der Waals surface area contributed by atoms with Crippen LogP contribution in [0.15, 0.2) is 22.3 Å². The topological polar surface area (TPSA) is 367 Å². The van der Waals surface area contributed by atoms with Gasteiger partial charge in [0.05, 0.1) is 27.4 Å². The lowest BCUT2D eigenvalue weighted by Gasteiger charge is -2.17. The van der Waals surface area contributed by atoms with Crippen molar-refractivity contribution in [2.24, 2.45) is 0 Å². The molecule has 4 atom stereocenters. The highest BCUT2D eigenvalue weighted by atomic mass is 32.2. The van der Waals surface area contributed by atoms with Gasteiger partial charge in [-0.05, 0) is 53.4 Å². The van der Waals surface area contributed by atoms with Gasteiger partial charge in [-0.25, -0.2) is 14.4 Å². The fourth-order valence-corrected chi connectivity index (χ4v) is 4.78. The zero-order chi connectivity index (χ0) is 36.5. The number of carboxylic acid groups (broad SMARTS) is 4. The first-order valence-electron chi connectivity index (χ1n) is 12.0. The predicted octanol–water partition coefficient (Wildman–Crippen LogP) is -0.0399. The fourth-order valence-electron chi connectivity index (χ4n) is 3.20. The second-order valence-electron chi connectivity index (χ2n) is 9.64. The molecule has 0 bridgehead atoms. The summed E-state index contributed by atoms with van der Waals surface area (Å²) in [6.07, 6.45) is -3.83. The minimum Gasteiger partial charge on any atom is -0.481 e. The van der Waals surface area contributed by atoms with Gasteiger partial charge >= 0.3 is 23.9 Å². The maximum absolute atomic E-state index is 11.2. The van der Waals surface area contributed by atoms with Gasteiger partial charge < -0.3 is 20.4 Å². The summed E-state index contributed by atoms with van der Waals surface area (Å²) in [5.41, 5.74) is -2.72. The number of aliphatic carboxylic acids is 4. The van der Waals surface area contributed by atoms with E-state index in [1.54, 1.807) is 0 Å². The first-order valence-corrected chi connectivity index (χ1v) is 18.0.